The topological polar surface area (TPSA) is 67.4 Å². The van der Waals surface area contributed by atoms with Crippen LogP contribution >= 0.6 is 0 Å². The Morgan fingerprint density at radius 2 is 1.95 bits per heavy atom. The SMILES string of the molecule is CNC(C)CNS(=O)(=O)c1c(C)cc(C)cc1OC. The van der Waals surface area contributed by atoms with Crippen LogP contribution in [0.4, 0.5) is 0 Å². The van der Waals surface area contributed by atoms with Crippen LogP contribution < -0.4 is 14.8 Å². The summed E-state index contributed by atoms with van der Waals surface area (Å²) in [7, 11) is -0.307. The van der Waals surface area contributed by atoms with Crippen LogP contribution in [0.2, 0.25) is 0 Å². The third-order valence-electron chi connectivity index (χ3n) is 2.95. The van der Waals surface area contributed by atoms with Gasteiger partial charge in [-0.1, -0.05) is 6.07 Å². The minimum Gasteiger partial charge on any atom is -0.495 e. The van der Waals surface area contributed by atoms with E-state index in [1.165, 1.54) is 7.11 Å². The molecule has 0 aliphatic rings. The van der Waals surface area contributed by atoms with Gasteiger partial charge in [-0.2, -0.15) is 0 Å². The fourth-order valence-corrected chi connectivity index (χ4v) is 3.32. The van der Waals surface area contributed by atoms with E-state index in [-0.39, 0.29) is 10.9 Å². The highest BCUT2D eigenvalue weighted by Crippen LogP contribution is 2.28. The molecule has 1 rings (SSSR count). The molecule has 1 atom stereocenters. The summed E-state index contributed by atoms with van der Waals surface area (Å²) < 4.78 is 32.5. The van der Waals surface area contributed by atoms with E-state index >= 15 is 0 Å². The van der Waals surface area contributed by atoms with E-state index in [2.05, 4.69) is 10.0 Å². The zero-order chi connectivity index (χ0) is 14.6. The normalized spacial score (nSPS) is 13.3. The molecule has 0 heterocycles. The maximum atomic E-state index is 12.3. The van der Waals surface area contributed by atoms with Gasteiger partial charge in [0.05, 0.1) is 7.11 Å². The molecule has 0 radical (unpaired) electrons. The van der Waals surface area contributed by atoms with Gasteiger partial charge in [-0.15, -0.1) is 0 Å². The molecule has 1 aromatic rings. The molecule has 1 aromatic carbocycles. The molecular formula is C13H22N2O3S. The molecule has 108 valence electrons. The van der Waals surface area contributed by atoms with Gasteiger partial charge in [0.25, 0.3) is 0 Å². The van der Waals surface area contributed by atoms with Crippen molar-refractivity contribution in [1.29, 1.82) is 0 Å². The van der Waals surface area contributed by atoms with Crippen LogP contribution in [0.5, 0.6) is 5.75 Å². The first-order chi connectivity index (χ1) is 8.81. The van der Waals surface area contributed by atoms with Crippen molar-refractivity contribution >= 4 is 10.0 Å². The fourth-order valence-electron chi connectivity index (χ4n) is 1.82. The molecule has 19 heavy (non-hydrogen) atoms. The monoisotopic (exact) mass is 286 g/mol. The predicted octanol–water partition coefficient (Wildman–Crippen LogP) is 1.20. The summed E-state index contributed by atoms with van der Waals surface area (Å²) in [5.74, 6) is 0.377. The van der Waals surface area contributed by atoms with Crippen molar-refractivity contribution in [3.8, 4) is 5.75 Å². The number of hydrogen-bond donors (Lipinski definition) is 2. The van der Waals surface area contributed by atoms with Gasteiger partial charge in [0.2, 0.25) is 10.0 Å². The smallest absolute Gasteiger partial charge is 0.244 e. The molecule has 6 heteroatoms. The summed E-state index contributed by atoms with van der Waals surface area (Å²) >= 11 is 0. The number of sulfonamides is 1. The Kier molecular flexibility index (Phi) is 5.34. The Hall–Kier alpha value is -1.11. The molecule has 2 N–H and O–H groups in total. The van der Waals surface area contributed by atoms with E-state index in [1.807, 2.05) is 19.9 Å². The first-order valence-corrected chi connectivity index (χ1v) is 7.62. The van der Waals surface area contributed by atoms with Gasteiger partial charge >= 0.3 is 0 Å². The molecule has 0 fully saturated rings. The first-order valence-electron chi connectivity index (χ1n) is 6.14. The van der Waals surface area contributed by atoms with Crippen molar-refractivity contribution in [2.24, 2.45) is 0 Å². The molecule has 0 saturated carbocycles. The Bertz CT molecular complexity index is 541. The lowest BCUT2D eigenvalue weighted by Crippen LogP contribution is -2.37. The molecule has 0 aliphatic carbocycles. The van der Waals surface area contributed by atoms with E-state index < -0.39 is 10.0 Å². The highest BCUT2D eigenvalue weighted by atomic mass is 32.2. The maximum Gasteiger partial charge on any atom is 0.244 e. The number of benzene rings is 1. The van der Waals surface area contributed by atoms with Crippen molar-refractivity contribution in [2.45, 2.75) is 31.7 Å². The highest BCUT2D eigenvalue weighted by molar-refractivity contribution is 7.89. The van der Waals surface area contributed by atoms with Gasteiger partial charge in [-0.05, 0) is 45.0 Å². The lowest BCUT2D eigenvalue weighted by molar-refractivity contribution is 0.401. The number of nitrogens with one attached hydrogen (secondary N) is 2. The molecule has 0 spiro atoms. The minimum atomic E-state index is -3.57. The Labute approximate surface area is 115 Å². The van der Waals surface area contributed by atoms with Gasteiger partial charge in [0.1, 0.15) is 10.6 Å². The molecular weight excluding hydrogens is 264 g/mol. The lowest BCUT2D eigenvalue weighted by Gasteiger charge is -2.16. The molecule has 0 aliphatic heterocycles. The summed E-state index contributed by atoms with van der Waals surface area (Å²) in [6, 6.07) is 3.62. The summed E-state index contributed by atoms with van der Waals surface area (Å²) in [5.41, 5.74) is 1.65. The third kappa shape index (κ3) is 3.92. The van der Waals surface area contributed by atoms with Crippen LogP contribution in [-0.4, -0.2) is 35.2 Å². The maximum absolute atomic E-state index is 12.3. The van der Waals surface area contributed by atoms with Gasteiger partial charge < -0.3 is 10.1 Å². The van der Waals surface area contributed by atoms with E-state index in [1.54, 1.807) is 20.0 Å². The third-order valence-corrected chi connectivity index (χ3v) is 4.55. The van der Waals surface area contributed by atoms with Crippen LogP contribution in [0.15, 0.2) is 17.0 Å². The molecule has 5 nitrogen and oxygen atoms in total. The van der Waals surface area contributed by atoms with Gasteiger partial charge in [-0.3, -0.25) is 0 Å². The summed E-state index contributed by atoms with van der Waals surface area (Å²) in [6.45, 7) is 5.91. The second kappa shape index (κ2) is 6.36. The second-order valence-corrected chi connectivity index (χ2v) is 6.36. The zero-order valence-electron chi connectivity index (χ0n) is 12.1. The van der Waals surface area contributed by atoms with Crippen molar-refractivity contribution < 1.29 is 13.2 Å². The number of aryl methyl sites for hydroxylation is 2. The molecule has 0 aromatic heterocycles. The standard InChI is InChI=1S/C13H22N2O3S/c1-9-6-10(2)13(12(7-9)18-5)19(16,17)15-8-11(3)14-4/h6-7,11,14-15H,8H2,1-5H3. The number of methoxy groups -OCH3 is 1. The summed E-state index contributed by atoms with van der Waals surface area (Å²) in [5, 5.41) is 2.98. The minimum absolute atomic E-state index is 0.0616. The van der Waals surface area contributed by atoms with Crippen LogP contribution in [0.3, 0.4) is 0 Å². The average Bonchev–Trinajstić information content (AvgIpc) is 2.34. The largest absolute Gasteiger partial charge is 0.495 e. The zero-order valence-corrected chi connectivity index (χ0v) is 12.9. The highest BCUT2D eigenvalue weighted by Gasteiger charge is 2.22. The number of likely N-dealkylation sites (N-methyl/N-ethyl adjacent to an activating group) is 1. The summed E-state index contributed by atoms with van der Waals surface area (Å²) in [6.07, 6.45) is 0. The van der Waals surface area contributed by atoms with Crippen LogP contribution in [0, 0.1) is 13.8 Å². The molecule has 0 saturated heterocycles. The van der Waals surface area contributed by atoms with E-state index in [0.29, 0.717) is 17.9 Å². The van der Waals surface area contributed by atoms with Crippen molar-refractivity contribution in [1.82, 2.24) is 10.0 Å². The van der Waals surface area contributed by atoms with Gasteiger partial charge in [0, 0.05) is 12.6 Å². The van der Waals surface area contributed by atoms with E-state index in [0.717, 1.165) is 5.56 Å². The average molecular weight is 286 g/mol. The lowest BCUT2D eigenvalue weighted by atomic mass is 10.1. The number of ether oxygens (including phenoxy) is 1. The quantitative estimate of drug-likeness (QED) is 0.824. The Balaban J connectivity index is 3.14. The van der Waals surface area contributed by atoms with Crippen LogP contribution in [-0.2, 0) is 10.0 Å². The predicted molar refractivity (Wildman–Crippen MR) is 76.2 cm³/mol. The molecule has 0 bridgehead atoms. The first kappa shape index (κ1) is 15.9. The van der Waals surface area contributed by atoms with Crippen molar-refractivity contribution in [3.63, 3.8) is 0 Å². The van der Waals surface area contributed by atoms with Crippen molar-refractivity contribution in [3.05, 3.63) is 23.3 Å². The Morgan fingerprint density at radius 3 is 2.47 bits per heavy atom. The number of hydrogen-bond acceptors (Lipinski definition) is 4. The number of rotatable bonds is 6. The van der Waals surface area contributed by atoms with Gasteiger partial charge in [-0.25, -0.2) is 13.1 Å². The van der Waals surface area contributed by atoms with Crippen LogP contribution in [0.25, 0.3) is 0 Å². The van der Waals surface area contributed by atoms with Gasteiger partial charge in [0.15, 0.2) is 0 Å². The molecule has 1 unspecified atom stereocenters. The second-order valence-electron chi connectivity index (χ2n) is 4.65. The van der Waals surface area contributed by atoms with E-state index in [4.69, 9.17) is 4.74 Å². The van der Waals surface area contributed by atoms with E-state index in [9.17, 15) is 8.42 Å². The molecule has 0 amide bonds. The summed E-state index contributed by atoms with van der Waals surface area (Å²) in [4.78, 5) is 0.212. The Morgan fingerprint density at radius 1 is 1.32 bits per heavy atom. The van der Waals surface area contributed by atoms with Crippen LogP contribution in [0.1, 0.15) is 18.1 Å². The fraction of sp³-hybridized carbons (Fsp3) is 0.538. The van der Waals surface area contributed by atoms with Crippen molar-refractivity contribution in [2.75, 3.05) is 20.7 Å².